The average molecular weight is 452 g/mol. The minimum Gasteiger partial charge on any atom is -0.365 e. The van der Waals surface area contributed by atoms with Gasteiger partial charge < -0.3 is 20.9 Å². The first-order valence-electron chi connectivity index (χ1n) is 11.9. The predicted molar refractivity (Wildman–Crippen MR) is 121 cm³/mol. The van der Waals surface area contributed by atoms with Gasteiger partial charge in [-0.15, -0.1) is 10.2 Å². The van der Waals surface area contributed by atoms with Crippen molar-refractivity contribution >= 4 is 34.8 Å². The second kappa shape index (κ2) is 7.80. The van der Waals surface area contributed by atoms with Gasteiger partial charge in [-0.2, -0.15) is 15.0 Å². The van der Waals surface area contributed by atoms with Crippen LogP contribution in [-0.4, -0.2) is 56.0 Å². The van der Waals surface area contributed by atoms with E-state index >= 15 is 0 Å². The zero-order valence-electron chi connectivity index (χ0n) is 21.3. The van der Waals surface area contributed by atoms with Gasteiger partial charge in [0.05, 0.1) is 17.9 Å². The molecule has 1 fully saturated rings. The van der Waals surface area contributed by atoms with Crippen molar-refractivity contribution in [3.63, 3.8) is 0 Å². The van der Waals surface area contributed by atoms with Gasteiger partial charge in [-0.05, 0) is 25.8 Å². The normalized spacial score (nSPS) is 16.1. The molecule has 2 aliphatic rings. The summed E-state index contributed by atoms with van der Waals surface area (Å²) >= 11 is 0. The number of carbonyl (C=O) groups excluding carboxylic acids is 2. The molecular weight excluding hydrogens is 424 g/mol. The Balaban J connectivity index is 1.58. The smallest absolute Gasteiger partial charge is 0.273 e. The van der Waals surface area contributed by atoms with Crippen molar-refractivity contribution in [1.29, 1.82) is 0 Å². The summed E-state index contributed by atoms with van der Waals surface area (Å²) in [7, 11) is 3.63. The second-order valence-corrected chi connectivity index (χ2v) is 8.18. The van der Waals surface area contributed by atoms with Crippen LogP contribution in [0.3, 0.4) is 0 Å². The van der Waals surface area contributed by atoms with Crippen LogP contribution in [0.2, 0.25) is 0 Å². The lowest BCUT2D eigenvalue weighted by atomic mass is 10.0. The molecule has 3 aromatic heterocycles. The maximum absolute atomic E-state index is 12.8. The van der Waals surface area contributed by atoms with Crippen molar-refractivity contribution in [2.45, 2.75) is 26.3 Å². The van der Waals surface area contributed by atoms with E-state index in [2.05, 4.69) is 36.0 Å². The highest BCUT2D eigenvalue weighted by Crippen LogP contribution is 2.42. The van der Waals surface area contributed by atoms with E-state index in [4.69, 9.17) is 4.11 Å². The van der Waals surface area contributed by atoms with Gasteiger partial charge in [0.15, 0.2) is 17.3 Å². The molecular formula is C21H24N10O2. The maximum Gasteiger partial charge on any atom is 0.273 e. The van der Waals surface area contributed by atoms with E-state index in [9.17, 15) is 9.59 Å². The van der Waals surface area contributed by atoms with Crippen LogP contribution in [-0.2, 0) is 18.4 Å². The molecule has 3 aromatic rings. The van der Waals surface area contributed by atoms with Crippen molar-refractivity contribution in [3.05, 3.63) is 29.2 Å². The summed E-state index contributed by atoms with van der Waals surface area (Å²) < 4.78 is 22.2. The fourth-order valence-corrected chi connectivity index (χ4v) is 3.86. The van der Waals surface area contributed by atoms with E-state index < -0.39 is 12.9 Å². The van der Waals surface area contributed by atoms with Gasteiger partial charge in [0.1, 0.15) is 11.4 Å². The van der Waals surface area contributed by atoms with Crippen LogP contribution in [0.1, 0.15) is 38.8 Å². The van der Waals surface area contributed by atoms with Crippen molar-refractivity contribution in [2.24, 2.45) is 13.0 Å². The van der Waals surface area contributed by atoms with Gasteiger partial charge in [0.25, 0.3) is 5.91 Å². The van der Waals surface area contributed by atoms with Gasteiger partial charge >= 0.3 is 0 Å². The fraction of sp³-hybridized carbons (Fsp3) is 0.381. The van der Waals surface area contributed by atoms with E-state index in [1.807, 2.05) is 30.3 Å². The second-order valence-electron chi connectivity index (χ2n) is 8.18. The van der Waals surface area contributed by atoms with Crippen molar-refractivity contribution in [2.75, 3.05) is 29.6 Å². The lowest BCUT2D eigenvalue weighted by molar-refractivity contribution is -0.117. The number of rotatable bonds is 5. The number of carbonyl (C=O) groups is 2. The van der Waals surface area contributed by atoms with Crippen LogP contribution in [0.5, 0.6) is 0 Å². The quantitative estimate of drug-likeness (QED) is 0.524. The van der Waals surface area contributed by atoms with E-state index in [0.29, 0.717) is 18.1 Å². The van der Waals surface area contributed by atoms with Crippen LogP contribution in [0.25, 0.3) is 11.3 Å². The van der Waals surface area contributed by atoms with Crippen LogP contribution in [0.15, 0.2) is 12.1 Å². The largest absolute Gasteiger partial charge is 0.365 e. The topological polar surface area (TPSA) is 143 Å². The van der Waals surface area contributed by atoms with Crippen molar-refractivity contribution in [3.8, 4) is 11.3 Å². The number of pyridine rings is 1. The first-order chi connectivity index (χ1) is 17.0. The van der Waals surface area contributed by atoms with Crippen molar-refractivity contribution in [1.82, 2.24) is 35.5 Å². The molecule has 12 nitrogen and oxygen atoms in total. The number of aryl methyl sites for hydroxylation is 2. The van der Waals surface area contributed by atoms with Gasteiger partial charge in [-0.3, -0.25) is 9.59 Å². The summed E-state index contributed by atoms with van der Waals surface area (Å²) in [4.78, 5) is 33.1. The molecule has 1 saturated carbocycles. The van der Waals surface area contributed by atoms with Gasteiger partial charge in [-0.1, -0.05) is 0 Å². The van der Waals surface area contributed by atoms with E-state index in [1.54, 1.807) is 7.05 Å². The summed E-state index contributed by atoms with van der Waals surface area (Å²) in [5.74, 6) is -0.667. The molecule has 0 saturated heterocycles. The molecule has 1 aliphatic carbocycles. The number of hydrogen-bond acceptors (Lipinski definition) is 9. The molecule has 4 heterocycles. The Hall–Kier alpha value is -4.09. The van der Waals surface area contributed by atoms with E-state index in [0.717, 1.165) is 35.5 Å². The monoisotopic (exact) mass is 451 g/mol. The lowest BCUT2D eigenvalue weighted by Crippen LogP contribution is -2.25. The Bertz CT molecular complexity index is 1380. The first kappa shape index (κ1) is 17.5. The highest BCUT2D eigenvalue weighted by molar-refractivity contribution is 6.00. The number of hydrogen-bond donors (Lipinski definition) is 3. The Morgan fingerprint density at radius 3 is 2.76 bits per heavy atom. The average Bonchev–Trinajstić information content (AvgIpc) is 3.54. The highest BCUT2D eigenvalue weighted by Gasteiger charge is 2.31. The predicted octanol–water partition coefficient (Wildman–Crippen LogP) is 1.38. The van der Waals surface area contributed by atoms with E-state index in [1.165, 1.54) is 10.9 Å². The molecule has 0 bridgehead atoms. The summed E-state index contributed by atoms with van der Waals surface area (Å²) in [5, 5.41) is 24.5. The number of fused-ring (bicyclic) bond motifs is 3. The highest BCUT2D eigenvalue weighted by atomic mass is 16.2. The molecule has 0 atom stereocenters. The molecule has 33 heavy (non-hydrogen) atoms. The Kier molecular flexibility index (Phi) is 4.13. The SMILES string of the molecule is [2H]C([2H])([2H])NC(=O)c1nnc(NC(=O)C2CC2)cc1Nc1nc(C)cc2c1N(C)Cc1nn(C)nc1-2. The van der Waals surface area contributed by atoms with Gasteiger partial charge in [0, 0.05) is 48.4 Å². The molecule has 0 aromatic carbocycles. The standard InChI is InChI=1S/C21H24N10O2/c1-10-7-12-16-14(28-31(4)29-16)9-30(3)18(12)19(23-10)24-13-8-15(25-20(32)11-5-6-11)26-27-17(13)21(33)22-2/h7-8,11H,5-6,9H2,1-4H3,(H,22,33)(H2,23,24,25,26,32)/i2D3. The fourth-order valence-electron chi connectivity index (χ4n) is 3.86. The Labute approximate surface area is 194 Å². The third kappa shape index (κ3) is 3.83. The lowest BCUT2D eigenvalue weighted by Gasteiger charge is -2.28. The molecule has 0 spiro atoms. The van der Waals surface area contributed by atoms with Crippen LogP contribution >= 0.6 is 0 Å². The minimum absolute atomic E-state index is 0.0676. The summed E-state index contributed by atoms with van der Waals surface area (Å²) in [6, 6.07) is 3.34. The molecule has 12 heteroatoms. The van der Waals surface area contributed by atoms with Crippen LogP contribution < -0.4 is 20.9 Å². The van der Waals surface area contributed by atoms with Gasteiger partial charge in [0.2, 0.25) is 5.91 Å². The molecule has 3 N–H and O–H groups in total. The third-order valence-electron chi connectivity index (χ3n) is 5.50. The minimum atomic E-state index is -2.72. The molecule has 0 radical (unpaired) electrons. The molecule has 0 unspecified atom stereocenters. The third-order valence-corrected chi connectivity index (χ3v) is 5.50. The van der Waals surface area contributed by atoms with Gasteiger partial charge in [-0.25, -0.2) is 4.98 Å². The zero-order valence-corrected chi connectivity index (χ0v) is 18.3. The first-order valence-corrected chi connectivity index (χ1v) is 10.4. The molecule has 2 amide bonds. The number of nitrogens with one attached hydrogen (secondary N) is 3. The van der Waals surface area contributed by atoms with Crippen molar-refractivity contribution < 1.29 is 13.7 Å². The number of nitrogens with zero attached hydrogens (tertiary/aromatic N) is 7. The number of amides is 2. The molecule has 1 aliphatic heterocycles. The Morgan fingerprint density at radius 2 is 2.00 bits per heavy atom. The maximum atomic E-state index is 12.8. The zero-order chi connectivity index (χ0) is 25.8. The molecule has 5 rings (SSSR count). The summed E-state index contributed by atoms with van der Waals surface area (Å²) in [6.07, 6.45) is 1.61. The Morgan fingerprint density at radius 1 is 1.18 bits per heavy atom. The number of anilines is 4. The van der Waals surface area contributed by atoms with E-state index in [-0.39, 0.29) is 29.0 Å². The summed E-state index contributed by atoms with van der Waals surface area (Å²) in [5.41, 5.74) is 3.63. The summed E-state index contributed by atoms with van der Waals surface area (Å²) in [6.45, 7) is -0.415. The molecule has 170 valence electrons. The van der Waals surface area contributed by atoms with Crippen LogP contribution in [0.4, 0.5) is 23.0 Å². The number of aromatic nitrogens is 6. The van der Waals surface area contributed by atoms with Crippen LogP contribution in [0, 0.1) is 12.8 Å².